The molecule has 3 aromatic carbocycles. The molecule has 2 aliphatic rings. The number of morpholine rings is 1. The minimum absolute atomic E-state index is 0.00624. The van der Waals surface area contributed by atoms with Gasteiger partial charge in [0.2, 0.25) is 5.91 Å². The number of aryl methyl sites for hydroxylation is 2. The number of para-hydroxylation sites is 1. The lowest BCUT2D eigenvalue weighted by atomic mass is 9.93. The SMILES string of the molecule is Cc1ccc(-c2c([C@H]3c4ccccc4C(=O)N3CC(=O)NCCCN3CCOCC3)c3ccccc3n2C)cc1. The molecule has 0 spiro atoms. The van der Waals surface area contributed by atoms with Crippen molar-refractivity contribution in [1.82, 2.24) is 19.7 Å². The number of nitrogens with zero attached hydrogens (tertiary/aromatic N) is 3. The number of benzene rings is 3. The Morgan fingerprint density at radius 2 is 1.70 bits per heavy atom. The van der Waals surface area contributed by atoms with Gasteiger partial charge in [-0.25, -0.2) is 0 Å². The van der Waals surface area contributed by atoms with Gasteiger partial charge in [-0.05, 0) is 43.1 Å². The predicted octanol–water partition coefficient (Wildman–Crippen LogP) is 4.54. The fourth-order valence-electron chi connectivity index (χ4n) is 6.17. The Morgan fingerprint density at radius 3 is 2.50 bits per heavy atom. The van der Waals surface area contributed by atoms with Crippen LogP contribution in [0.15, 0.2) is 72.8 Å². The Balaban J connectivity index is 1.33. The number of carbonyl (C=O) groups is 2. The predicted molar refractivity (Wildman–Crippen MR) is 157 cm³/mol. The summed E-state index contributed by atoms with van der Waals surface area (Å²) in [5.74, 6) is -0.239. The van der Waals surface area contributed by atoms with E-state index in [-0.39, 0.29) is 24.4 Å². The molecule has 0 radical (unpaired) electrons. The Morgan fingerprint density at radius 1 is 0.975 bits per heavy atom. The van der Waals surface area contributed by atoms with E-state index in [0.29, 0.717) is 12.1 Å². The molecule has 7 heteroatoms. The molecule has 0 saturated carbocycles. The summed E-state index contributed by atoms with van der Waals surface area (Å²) in [6, 6.07) is 24.2. The number of carbonyl (C=O) groups excluding carboxylic acids is 2. The Labute approximate surface area is 235 Å². The Hall–Kier alpha value is -3.94. The molecule has 4 aromatic rings. The molecule has 2 aliphatic heterocycles. The highest BCUT2D eigenvalue weighted by Gasteiger charge is 2.41. The number of amides is 2. The molecular weight excluding hydrogens is 500 g/mol. The highest BCUT2D eigenvalue weighted by Crippen LogP contribution is 2.46. The maximum Gasteiger partial charge on any atom is 0.255 e. The van der Waals surface area contributed by atoms with Crippen molar-refractivity contribution in [2.75, 3.05) is 45.9 Å². The molecule has 1 fully saturated rings. The van der Waals surface area contributed by atoms with Crippen LogP contribution in [0.5, 0.6) is 0 Å². The molecule has 1 aromatic heterocycles. The average Bonchev–Trinajstić information content (AvgIpc) is 3.42. The molecule has 0 aliphatic carbocycles. The van der Waals surface area contributed by atoms with Gasteiger partial charge in [-0.2, -0.15) is 0 Å². The molecule has 0 unspecified atom stereocenters. The fraction of sp³-hybridized carbons (Fsp3) is 0.333. The third-order valence-corrected chi connectivity index (χ3v) is 8.19. The second kappa shape index (κ2) is 11.3. The van der Waals surface area contributed by atoms with E-state index < -0.39 is 0 Å². The molecule has 40 heavy (non-hydrogen) atoms. The zero-order chi connectivity index (χ0) is 27.6. The second-order valence-electron chi connectivity index (χ2n) is 10.8. The van der Waals surface area contributed by atoms with E-state index in [1.165, 1.54) is 5.56 Å². The van der Waals surface area contributed by atoms with Crippen LogP contribution in [0.1, 0.15) is 39.5 Å². The lowest BCUT2D eigenvalue weighted by Gasteiger charge is -2.27. The molecule has 2 amide bonds. The van der Waals surface area contributed by atoms with Gasteiger partial charge in [0.1, 0.15) is 6.54 Å². The molecule has 206 valence electrons. The van der Waals surface area contributed by atoms with Gasteiger partial charge in [-0.15, -0.1) is 0 Å². The van der Waals surface area contributed by atoms with Gasteiger partial charge in [-0.1, -0.05) is 66.2 Å². The quantitative estimate of drug-likeness (QED) is 0.336. The maximum absolute atomic E-state index is 13.8. The first-order chi connectivity index (χ1) is 19.5. The molecular formula is C33H36N4O3. The minimum Gasteiger partial charge on any atom is -0.379 e. The highest BCUT2D eigenvalue weighted by molar-refractivity contribution is 6.03. The molecule has 6 rings (SSSR count). The number of rotatable bonds is 8. The van der Waals surface area contributed by atoms with E-state index in [2.05, 4.69) is 65.2 Å². The van der Waals surface area contributed by atoms with Crippen molar-refractivity contribution in [3.8, 4) is 11.3 Å². The van der Waals surface area contributed by atoms with Crippen molar-refractivity contribution >= 4 is 22.7 Å². The van der Waals surface area contributed by atoms with Crippen molar-refractivity contribution in [2.24, 2.45) is 7.05 Å². The Bertz CT molecular complexity index is 1540. The third kappa shape index (κ3) is 4.91. The zero-order valence-electron chi connectivity index (χ0n) is 23.2. The minimum atomic E-state index is -0.370. The maximum atomic E-state index is 13.8. The van der Waals surface area contributed by atoms with Crippen LogP contribution < -0.4 is 5.32 Å². The fourth-order valence-corrected chi connectivity index (χ4v) is 6.17. The van der Waals surface area contributed by atoms with Crippen LogP contribution in [0.2, 0.25) is 0 Å². The highest BCUT2D eigenvalue weighted by atomic mass is 16.5. The topological polar surface area (TPSA) is 66.8 Å². The summed E-state index contributed by atoms with van der Waals surface area (Å²) in [5, 5.41) is 4.16. The zero-order valence-corrected chi connectivity index (χ0v) is 23.2. The van der Waals surface area contributed by atoms with Crippen LogP contribution in [0.4, 0.5) is 0 Å². The normalized spacial score (nSPS) is 17.4. The van der Waals surface area contributed by atoms with E-state index in [1.807, 2.05) is 36.4 Å². The van der Waals surface area contributed by atoms with Crippen molar-refractivity contribution in [1.29, 1.82) is 0 Å². The van der Waals surface area contributed by atoms with Crippen molar-refractivity contribution in [3.05, 3.63) is 95.1 Å². The molecule has 1 saturated heterocycles. The summed E-state index contributed by atoms with van der Waals surface area (Å²) in [6.07, 6.45) is 0.865. The molecule has 1 N–H and O–H groups in total. The Kier molecular flexibility index (Phi) is 7.41. The summed E-state index contributed by atoms with van der Waals surface area (Å²) >= 11 is 0. The van der Waals surface area contributed by atoms with E-state index in [4.69, 9.17) is 4.74 Å². The average molecular weight is 537 g/mol. The number of ether oxygens (including phenoxy) is 1. The van der Waals surface area contributed by atoms with E-state index in [1.54, 1.807) is 4.90 Å². The van der Waals surface area contributed by atoms with Gasteiger partial charge < -0.3 is 19.5 Å². The summed E-state index contributed by atoms with van der Waals surface area (Å²) in [4.78, 5) is 31.2. The molecule has 3 heterocycles. The largest absolute Gasteiger partial charge is 0.379 e. The summed E-state index contributed by atoms with van der Waals surface area (Å²) in [7, 11) is 2.08. The van der Waals surface area contributed by atoms with Gasteiger partial charge in [-0.3, -0.25) is 14.5 Å². The number of fused-ring (bicyclic) bond motifs is 2. The molecule has 0 bridgehead atoms. The lowest BCUT2D eigenvalue weighted by Crippen LogP contribution is -2.41. The monoisotopic (exact) mass is 536 g/mol. The van der Waals surface area contributed by atoms with Crippen molar-refractivity contribution in [2.45, 2.75) is 19.4 Å². The smallest absolute Gasteiger partial charge is 0.255 e. The van der Waals surface area contributed by atoms with E-state index in [0.717, 1.165) is 72.6 Å². The summed E-state index contributed by atoms with van der Waals surface area (Å²) < 4.78 is 7.63. The van der Waals surface area contributed by atoms with Gasteiger partial charge in [0, 0.05) is 48.7 Å². The number of hydrogen-bond acceptors (Lipinski definition) is 4. The van der Waals surface area contributed by atoms with Gasteiger partial charge in [0.15, 0.2) is 0 Å². The molecule has 1 atom stereocenters. The first-order valence-electron chi connectivity index (χ1n) is 14.1. The van der Waals surface area contributed by atoms with Crippen LogP contribution in [0.3, 0.4) is 0 Å². The van der Waals surface area contributed by atoms with Crippen molar-refractivity contribution < 1.29 is 14.3 Å². The first kappa shape index (κ1) is 26.3. The number of hydrogen-bond donors (Lipinski definition) is 1. The van der Waals surface area contributed by atoms with E-state index >= 15 is 0 Å². The number of aromatic nitrogens is 1. The van der Waals surface area contributed by atoms with Crippen LogP contribution in [0.25, 0.3) is 22.2 Å². The van der Waals surface area contributed by atoms with Crippen molar-refractivity contribution in [3.63, 3.8) is 0 Å². The molecule has 7 nitrogen and oxygen atoms in total. The van der Waals surface area contributed by atoms with E-state index in [9.17, 15) is 9.59 Å². The standard InChI is InChI=1S/C33H36N4O3/c1-23-12-14-24(15-13-23)31-30(27-10-5-6-11-28(27)35(31)2)32-25-8-3-4-9-26(25)33(39)37(32)22-29(38)34-16-7-17-36-18-20-40-21-19-36/h3-6,8-15,32H,7,16-22H2,1-2H3,(H,34,38)/t32-/m1/s1. The summed E-state index contributed by atoms with van der Waals surface area (Å²) in [6.45, 7) is 7.00. The van der Waals surface area contributed by atoms with Crippen LogP contribution in [-0.2, 0) is 16.6 Å². The van der Waals surface area contributed by atoms with Gasteiger partial charge in [0.05, 0.1) is 24.9 Å². The lowest BCUT2D eigenvalue weighted by molar-refractivity contribution is -0.122. The number of nitrogens with one attached hydrogen (secondary N) is 1. The first-order valence-corrected chi connectivity index (χ1v) is 14.1. The summed E-state index contributed by atoms with van der Waals surface area (Å²) in [5.41, 5.74) is 7.10. The van der Waals surface area contributed by atoms with Gasteiger partial charge >= 0.3 is 0 Å². The van der Waals surface area contributed by atoms with Crippen LogP contribution in [-0.4, -0.2) is 72.1 Å². The van der Waals surface area contributed by atoms with Gasteiger partial charge in [0.25, 0.3) is 5.91 Å². The second-order valence-corrected chi connectivity index (χ2v) is 10.8. The van der Waals surface area contributed by atoms with Crippen LogP contribution in [0, 0.1) is 6.92 Å². The van der Waals surface area contributed by atoms with Crippen LogP contribution >= 0.6 is 0 Å². The third-order valence-electron chi connectivity index (χ3n) is 8.19.